The fraction of sp³-hybridized carbons (Fsp3) is 0.400. The van der Waals surface area contributed by atoms with E-state index in [9.17, 15) is 4.79 Å². The summed E-state index contributed by atoms with van der Waals surface area (Å²) in [6.07, 6.45) is 3.55. The molecule has 5 rings (SSSR count). The van der Waals surface area contributed by atoms with E-state index in [2.05, 4.69) is 5.10 Å². The molecule has 9 nitrogen and oxygen atoms in total. The van der Waals surface area contributed by atoms with Gasteiger partial charge in [0, 0.05) is 44.9 Å². The lowest BCUT2D eigenvalue weighted by molar-refractivity contribution is -0.120. The molecule has 2 aliphatic rings. The fourth-order valence-corrected chi connectivity index (χ4v) is 3.79. The van der Waals surface area contributed by atoms with E-state index in [4.69, 9.17) is 19.6 Å². The maximum absolute atomic E-state index is 12.1. The number of aryl methyl sites for hydroxylation is 1. The Hall–Kier alpha value is -3.20. The van der Waals surface area contributed by atoms with Gasteiger partial charge in [-0.25, -0.2) is 4.98 Å². The molecule has 3 aromatic rings. The Kier molecular flexibility index (Phi) is 4.31. The van der Waals surface area contributed by atoms with Gasteiger partial charge in [0.2, 0.25) is 0 Å². The Labute approximate surface area is 167 Å². The molecular weight excluding hydrogens is 372 g/mol. The van der Waals surface area contributed by atoms with E-state index in [-0.39, 0.29) is 18.4 Å². The summed E-state index contributed by atoms with van der Waals surface area (Å²) in [5, 5.41) is 9.11. The molecule has 4 heterocycles. The minimum atomic E-state index is -0.0781. The second-order valence-electron chi connectivity index (χ2n) is 7.33. The lowest BCUT2D eigenvalue weighted by Gasteiger charge is -2.26. The minimum Gasteiger partial charge on any atom is -0.482 e. The predicted octanol–water partition coefficient (Wildman–Crippen LogP) is 1.92. The Morgan fingerprint density at radius 2 is 1.97 bits per heavy atom. The molecule has 1 amide bonds. The average Bonchev–Trinajstić information content (AvgIpc) is 3.37. The number of anilines is 1. The molecule has 1 aromatic carbocycles. The van der Waals surface area contributed by atoms with Gasteiger partial charge in [0.15, 0.2) is 24.1 Å². The number of rotatable bonds is 3. The van der Waals surface area contributed by atoms with Crippen molar-refractivity contribution in [3.63, 3.8) is 0 Å². The van der Waals surface area contributed by atoms with Crippen molar-refractivity contribution in [3.8, 4) is 23.0 Å². The van der Waals surface area contributed by atoms with Crippen LogP contribution in [0, 0.1) is 0 Å². The van der Waals surface area contributed by atoms with Gasteiger partial charge < -0.3 is 14.4 Å². The number of likely N-dealkylation sites (N-methyl/N-ethyl adjacent to an activating group) is 1. The van der Waals surface area contributed by atoms with E-state index in [0.29, 0.717) is 11.6 Å². The number of nitrogens with zero attached hydrogens (tertiary/aromatic N) is 6. The summed E-state index contributed by atoms with van der Waals surface area (Å²) in [6.45, 7) is 1.51. The van der Waals surface area contributed by atoms with Crippen LogP contribution in [0.25, 0.3) is 17.2 Å². The Morgan fingerprint density at radius 3 is 2.72 bits per heavy atom. The molecular formula is C20H22N6O3. The van der Waals surface area contributed by atoms with Crippen LogP contribution in [0.15, 0.2) is 30.5 Å². The Bertz CT molecular complexity index is 1070. The molecule has 0 radical (unpaired) electrons. The molecule has 2 aliphatic heterocycles. The highest BCUT2D eigenvalue weighted by Crippen LogP contribution is 2.36. The van der Waals surface area contributed by atoms with Crippen LogP contribution in [0.1, 0.15) is 24.6 Å². The summed E-state index contributed by atoms with van der Waals surface area (Å²) in [4.78, 5) is 18.6. The molecule has 0 unspecified atom stereocenters. The Balaban J connectivity index is 1.63. The van der Waals surface area contributed by atoms with Crippen molar-refractivity contribution in [3.05, 3.63) is 36.3 Å². The summed E-state index contributed by atoms with van der Waals surface area (Å²) < 4.78 is 14.6. The van der Waals surface area contributed by atoms with E-state index < -0.39 is 0 Å². The first-order valence-electron chi connectivity index (χ1n) is 9.68. The molecule has 0 N–H and O–H groups in total. The van der Waals surface area contributed by atoms with E-state index in [0.717, 1.165) is 48.9 Å². The van der Waals surface area contributed by atoms with Crippen LogP contribution < -0.4 is 9.64 Å². The molecule has 2 aromatic heterocycles. The number of amides is 1. The SMILES string of the molecule is CN1C(=O)COc2ccc(-c3nc(C4CCOCC4)nn3-c3ccnn3C)cc21. The summed E-state index contributed by atoms with van der Waals surface area (Å²) in [6, 6.07) is 7.66. The van der Waals surface area contributed by atoms with Crippen LogP contribution in [0.5, 0.6) is 5.75 Å². The Morgan fingerprint density at radius 1 is 1.14 bits per heavy atom. The molecule has 0 saturated carbocycles. The molecule has 0 bridgehead atoms. The van der Waals surface area contributed by atoms with Gasteiger partial charge in [0.25, 0.3) is 5.91 Å². The highest BCUT2D eigenvalue weighted by Gasteiger charge is 2.26. The maximum Gasteiger partial charge on any atom is 0.264 e. The number of ether oxygens (including phenoxy) is 2. The van der Waals surface area contributed by atoms with Crippen molar-refractivity contribution >= 4 is 11.6 Å². The summed E-state index contributed by atoms with van der Waals surface area (Å²) in [5.41, 5.74) is 1.59. The van der Waals surface area contributed by atoms with Crippen molar-refractivity contribution < 1.29 is 14.3 Å². The third-order valence-corrected chi connectivity index (χ3v) is 5.53. The zero-order valence-electron chi connectivity index (χ0n) is 16.4. The van der Waals surface area contributed by atoms with Crippen LogP contribution in [0.2, 0.25) is 0 Å². The van der Waals surface area contributed by atoms with Gasteiger partial charge in [-0.2, -0.15) is 9.78 Å². The second-order valence-corrected chi connectivity index (χ2v) is 7.33. The van der Waals surface area contributed by atoms with Gasteiger partial charge in [0.05, 0.1) is 11.9 Å². The van der Waals surface area contributed by atoms with Crippen LogP contribution >= 0.6 is 0 Å². The van der Waals surface area contributed by atoms with E-state index in [1.165, 1.54) is 0 Å². The number of fused-ring (bicyclic) bond motifs is 1. The molecule has 1 saturated heterocycles. The van der Waals surface area contributed by atoms with Crippen LogP contribution in [0.4, 0.5) is 5.69 Å². The van der Waals surface area contributed by atoms with E-state index in [1.54, 1.807) is 22.8 Å². The van der Waals surface area contributed by atoms with Gasteiger partial charge in [-0.1, -0.05) is 0 Å². The van der Waals surface area contributed by atoms with E-state index >= 15 is 0 Å². The topological polar surface area (TPSA) is 87.3 Å². The molecule has 150 valence electrons. The number of carbonyl (C=O) groups is 1. The summed E-state index contributed by atoms with van der Waals surface area (Å²) in [7, 11) is 3.63. The van der Waals surface area contributed by atoms with Crippen molar-refractivity contribution in [2.75, 3.05) is 31.8 Å². The highest BCUT2D eigenvalue weighted by molar-refractivity contribution is 5.98. The third-order valence-electron chi connectivity index (χ3n) is 5.53. The monoisotopic (exact) mass is 394 g/mol. The first kappa shape index (κ1) is 17.9. The lowest BCUT2D eigenvalue weighted by Crippen LogP contribution is -2.35. The summed E-state index contributed by atoms with van der Waals surface area (Å²) >= 11 is 0. The zero-order chi connectivity index (χ0) is 20.0. The van der Waals surface area contributed by atoms with Gasteiger partial charge in [-0.3, -0.25) is 9.48 Å². The minimum absolute atomic E-state index is 0.0575. The molecule has 1 fully saturated rings. The standard InChI is InChI=1S/C20H22N6O3/c1-24-15-11-14(3-4-16(15)29-12-18(24)27)20-22-19(13-6-9-28-10-7-13)23-26(20)17-5-8-21-25(17)2/h3-5,8,11,13H,6-7,9-10,12H2,1-2H3. The third kappa shape index (κ3) is 3.07. The molecule has 0 aliphatic carbocycles. The highest BCUT2D eigenvalue weighted by atomic mass is 16.5. The average molecular weight is 394 g/mol. The second kappa shape index (κ2) is 7.00. The van der Waals surface area contributed by atoms with Crippen molar-refractivity contribution in [1.82, 2.24) is 24.5 Å². The smallest absolute Gasteiger partial charge is 0.264 e. The van der Waals surface area contributed by atoms with E-state index in [1.807, 2.05) is 36.0 Å². The van der Waals surface area contributed by atoms with Crippen molar-refractivity contribution in [2.45, 2.75) is 18.8 Å². The number of carbonyl (C=O) groups excluding carboxylic acids is 1. The van der Waals surface area contributed by atoms with Gasteiger partial charge in [0.1, 0.15) is 5.75 Å². The van der Waals surface area contributed by atoms with Crippen molar-refractivity contribution in [2.24, 2.45) is 7.05 Å². The van der Waals surface area contributed by atoms with Crippen LogP contribution in [-0.2, 0) is 16.6 Å². The van der Waals surface area contributed by atoms with Crippen LogP contribution in [-0.4, -0.2) is 57.3 Å². The van der Waals surface area contributed by atoms with Crippen molar-refractivity contribution in [1.29, 1.82) is 0 Å². The number of aromatic nitrogens is 5. The fourth-order valence-electron chi connectivity index (χ4n) is 3.79. The largest absolute Gasteiger partial charge is 0.482 e. The first-order valence-corrected chi connectivity index (χ1v) is 9.68. The number of hydrogen-bond donors (Lipinski definition) is 0. The van der Waals surface area contributed by atoms with Gasteiger partial charge in [-0.05, 0) is 31.0 Å². The first-order chi connectivity index (χ1) is 14.1. The molecule has 0 spiro atoms. The summed E-state index contributed by atoms with van der Waals surface area (Å²) in [5.74, 6) is 3.22. The molecule has 0 atom stereocenters. The zero-order valence-corrected chi connectivity index (χ0v) is 16.4. The van der Waals surface area contributed by atoms with Gasteiger partial charge >= 0.3 is 0 Å². The predicted molar refractivity (Wildman–Crippen MR) is 105 cm³/mol. The van der Waals surface area contributed by atoms with Crippen LogP contribution in [0.3, 0.4) is 0 Å². The lowest BCUT2D eigenvalue weighted by atomic mass is 10.00. The van der Waals surface area contributed by atoms with Gasteiger partial charge in [-0.15, -0.1) is 5.10 Å². The number of hydrogen-bond acceptors (Lipinski definition) is 6. The molecule has 29 heavy (non-hydrogen) atoms. The quantitative estimate of drug-likeness (QED) is 0.675. The maximum atomic E-state index is 12.1. The molecule has 9 heteroatoms. The normalized spacial score (nSPS) is 17.3. The number of benzene rings is 1.